The summed E-state index contributed by atoms with van der Waals surface area (Å²) in [6, 6.07) is 20.8. The minimum atomic E-state index is 0.484. The van der Waals surface area contributed by atoms with Gasteiger partial charge >= 0.3 is 0 Å². The quantitative estimate of drug-likeness (QED) is 0.471. The second kappa shape index (κ2) is 8.36. The minimum absolute atomic E-state index is 0.484. The van der Waals surface area contributed by atoms with E-state index < -0.39 is 0 Å². The molecule has 5 rings (SSSR count). The molecule has 0 spiro atoms. The average Bonchev–Trinajstić information content (AvgIpc) is 3.13. The molecule has 0 radical (unpaired) electrons. The first-order valence-corrected chi connectivity index (χ1v) is 10.9. The lowest BCUT2D eigenvalue weighted by atomic mass is 10.1. The summed E-state index contributed by atoms with van der Waals surface area (Å²) in [6.07, 6.45) is 3.96. The van der Waals surface area contributed by atoms with E-state index in [1.165, 1.54) is 43.1 Å². The number of aromatic nitrogens is 2. The zero-order valence-electron chi connectivity index (χ0n) is 17.3. The van der Waals surface area contributed by atoms with Crippen LogP contribution in [0.15, 0.2) is 60.7 Å². The van der Waals surface area contributed by atoms with Gasteiger partial charge < -0.3 is 15.4 Å². The Morgan fingerprint density at radius 1 is 0.867 bits per heavy atom. The first kappa shape index (κ1) is 18.9. The van der Waals surface area contributed by atoms with Crippen molar-refractivity contribution in [2.75, 3.05) is 25.4 Å². The number of fused-ring (bicyclic) bond motifs is 2. The van der Waals surface area contributed by atoms with Crippen molar-refractivity contribution in [3.05, 3.63) is 66.2 Å². The molecule has 0 saturated carbocycles. The van der Waals surface area contributed by atoms with Crippen molar-refractivity contribution in [1.82, 2.24) is 14.7 Å². The van der Waals surface area contributed by atoms with Gasteiger partial charge in [-0.3, -0.25) is 4.68 Å². The minimum Gasteiger partial charge on any atom is -0.471 e. The van der Waals surface area contributed by atoms with Gasteiger partial charge in [-0.1, -0.05) is 42.8 Å². The maximum atomic E-state index is 6.18. The Labute approximate surface area is 177 Å². The van der Waals surface area contributed by atoms with Gasteiger partial charge in [-0.15, -0.1) is 5.10 Å². The van der Waals surface area contributed by atoms with Crippen LogP contribution in [0, 0.1) is 0 Å². The highest BCUT2D eigenvalue weighted by Crippen LogP contribution is 2.28. The van der Waals surface area contributed by atoms with E-state index >= 15 is 0 Å². The largest absolute Gasteiger partial charge is 0.471 e. The van der Waals surface area contributed by atoms with E-state index in [0.29, 0.717) is 12.5 Å². The summed E-state index contributed by atoms with van der Waals surface area (Å²) < 4.78 is 8.25. The lowest BCUT2D eigenvalue weighted by Crippen LogP contribution is -2.32. The van der Waals surface area contributed by atoms with Crippen molar-refractivity contribution in [3.63, 3.8) is 0 Å². The molecule has 30 heavy (non-hydrogen) atoms. The Morgan fingerprint density at radius 3 is 2.57 bits per heavy atom. The molecule has 5 nitrogen and oxygen atoms in total. The van der Waals surface area contributed by atoms with Crippen molar-refractivity contribution >= 4 is 27.4 Å². The number of rotatable bonds is 6. The summed E-state index contributed by atoms with van der Waals surface area (Å²) in [4.78, 5) is 2.53. The molecule has 0 amide bonds. The smallest absolute Gasteiger partial charge is 0.241 e. The Morgan fingerprint density at radius 2 is 1.70 bits per heavy atom. The third kappa shape index (κ3) is 3.98. The van der Waals surface area contributed by atoms with Crippen LogP contribution in [0.3, 0.4) is 0 Å². The molecule has 154 valence electrons. The van der Waals surface area contributed by atoms with Gasteiger partial charge in [0, 0.05) is 12.2 Å². The Kier molecular flexibility index (Phi) is 5.28. The number of nitrogens with zero attached hydrogens (tertiary/aromatic N) is 3. The highest BCUT2D eigenvalue weighted by molar-refractivity contribution is 5.87. The van der Waals surface area contributed by atoms with Crippen LogP contribution in [0.25, 0.3) is 21.7 Å². The van der Waals surface area contributed by atoms with E-state index in [-0.39, 0.29) is 0 Å². The molecule has 2 heterocycles. The maximum Gasteiger partial charge on any atom is 0.241 e. The number of hydrogen-bond donors (Lipinski definition) is 1. The van der Waals surface area contributed by atoms with Crippen LogP contribution in [0.2, 0.25) is 0 Å². The third-order valence-electron chi connectivity index (χ3n) is 6.01. The first-order chi connectivity index (χ1) is 14.8. The topological polar surface area (TPSA) is 56.3 Å². The lowest BCUT2D eigenvalue weighted by molar-refractivity contribution is 0.217. The number of ether oxygens (including phenoxy) is 1. The molecule has 4 aromatic rings. The van der Waals surface area contributed by atoms with Crippen LogP contribution in [-0.4, -0.2) is 34.3 Å². The van der Waals surface area contributed by atoms with Gasteiger partial charge in [0.25, 0.3) is 0 Å². The molecule has 0 atom stereocenters. The highest BCUT2D eigenvalue weighted by Gasteiger charge is 2.15. The fraction of sp³-hybridized carbons (Fsp3) is 0.320. The second-order valence-electron chi connectivity index (χ2n) is 8.18. The standard InChI is InChI=1S/C25H28N4O/c26-22-10-11-24-23(17-22)25(27-29(24)15-14-28-12-4-1-5-13-28)30-18-19-8-9-20-6-2-3-7-21(20)16-19/h2-3,6-11,16-17H,1,4-5,12-15,18,26H2. The van der Waals surface area contributed by atoms with Gasteiger partial charge in [0.05, 0.1) is 17.4 Å². The zero-order chi connectivity index (χ0) is 20.3. The van der Waals surface area contributed by atoms with Gasteiger partial charge in [0.1, 0.15) is 6.61 Å². The number of benzene rings is 3. The predicted molar refractivity (Wildman–Crippen MR) is 123 cm³/mol. The van der Waals surface area contributed by atoms with Gasteiger partial charge in [-0.2, -0.15) is 0 Å². The number of likely N-dealkylation sites (tertiary alicyclic amines) is 1. The fourth-order valence-corrected chi connectivity index (χ4v) is 4.34. The summed E-state index contributed by atoms with van der Waals surface area (Å²) in [6.45, 7) is 4.75. The first-order valence-electron chi connectivity index (χ1n) is 10.9. The van der Waals surface area contributed by atoms with E-state index in [1.807, 2.05) is 12.1 Å². The van der Waals surface area contributed by atoms with E-state index in [4.69, 9.17) is 15.6 Å². The molecule has 0 unspecified atom stereocenters. The van der Waals surface area contributed by atoms with Crippen molar-refractivity contribution in [2.24, 2.45) is 0 Å². The Bertz CT molecular complexity index is 1160. The molecule has 2 N–H and O–H groups in total. The molecule has 1 aromatic heterocycles. The highest BCUT2D eigenvalue weighted by atomic mass is 16.5. The number of piperidine rings is 1. The molecule has 1 saturated heterocycles. The molecular formula is C25H28N4O. The van der Waals surface area contributed by atoms with Crippen molar-refractivity contribution in [1.29, 1.82) is 0 Å². The number of anilines is 1. The van der Waals surface area contributed by atoms with E-state index in [2.05, 4.69) is 58.1 Å². The van der Waals surface area contributed by atoms with Gasteiger partial charge in [0.15, 0.2) is 0 Å². The van der Waals surface area contributed by atoms with Gasteiger partial charge in [-0.05, 0) is 66.5 Å². The number of nitrogen functional groups attached to an aromatic ring is 1. The molecule has 3 aromatic carbocycles. The molecular weight excluding hydrogens is 372 g/mol. The summed E-state index contributed by atoms with van der Waals surface area (Å²) in [7, 11) is 0. The van der Waals surface area contributed by atoms with Gasteiger partial charge in [-0.25, -0.2) is 0 Å². The number of nitrogens with two attached hydrogens (primary N) is 1. The summed E-state index contributed by atoms with van der Waals surface area (Å²) in [5, 5.41) is 8.24. The molecule has 0 aliphatic carbocycles. The SMILES string of the molecule is Nc1ccc2c(c1)c(OCc1ccc3ccccc3c1)nn2CCN1CCCCC1. The Hall–Kier alpha value is -3.05. The van der Waals surface area contributed by atoms with Crippen LogP contribution in [-0.2, 0) is 13.2 Å². The van der Waals surface area contributed by atoms with Gasteiger partial charge in [0.2, 0.25) is 5.88 Å². The monoisotopic (exact) mass is 400 g/mol. The maximum absolute atomic E-state index is 6.18. The van der Waals surface area contributed by atoms with Crippen LogP contribution in [0.4, 0.5) is 5.69 Å². The summed E-state index contributed by atoms with van der Waals surface area (Å²) in [5.41, 5.74) is 9.00. The van der Waals surface area contributed by atoms with Crippen LogP contribution in [0.1, 0.15) is 24.8 Å². The Balaban J connectivity index is 1.36. The molecule has 0 bridgehead atoms. The summed E-state index contributed by atoms with van der Waals surface area (Å²) >= 11 is 0. The lowest BCUT2D eigenvalue weighted by Gasteiger charge is -2.26. The molecule has 1 fully saturated rings. The number of hydrogen-bond acceptors (Lipinski definition) is 4. The van der Waals surface area contributed by atoms with Crippen LogP contribution < -0.4 is 10.5 Å². The predicted octanol–water partition coefficient (Wildman–Crippen LogP) is 4.84. The average molecular weight is 401 g/mol. The van der Waals surface area contributed by atoms with Crippen LogP contribution in [0.5, 0.6) is 5.88 Å². The van der Waals surface area contributed by atoms with Crippen molar-refractivity contribution in [2.45, 2.75) is 32.4 Å². The second-order valence-corrected chi connectivity index (χ2v) is 8.18. The van der Waals surface area contributed by atoms with E-state index in [1.54, 1.807) is 0 Å². The third-order valence-corrected chi connectivity index (χ3v) is 6.01. The van der Waals surface area contributed by atoms with Crippen LogP contribution >= 0.6 is 0 Å². The zero-order valence-corrected chi connectivity index (χ0v) is 17.3. The normalized spacial score (nSPS) is 15.1. The molecule has 1 aliphatic heterocycles. The van der Waals surface area contributed by atoms with Crippen molar-refractivity contribution < 1.29 is 4.74 Å². The molecule has 5 heteroatoms. The van der Waals surface area contributed by atoms with Crippen molar-refractivity contribution in [3.8, 4) is 5.88 Å². The summed E-state index contributed by atoms with van der Waals surface area (Å²) in [5.74, 6) is 0.657. The molecule has 1 aliphatic rings. The van der Waals surface area contributed by atoms with E-state index in [0.717, 1.165) is 35.2 Å². The fourth-order valence-electron chi connectivity index (χ4n) is 4.34. The van der Waals surface area contributed by atoms with E-state index in [9.17, 15) is 0 Å².